The first-order valence-electron chi connectivity index (χ1n) is 10.2. The van der Waals surface area contributed by atoms with E-state index in [2.05, 4.69) is 62.4 Å². The Kier molecular flexibility index (Phi) is 4.98. The molecule has 4 rings (SSSR count). The smallest absolute Gasteiger partial charge is 0.134 e. The molecule has 0 aliphatic heterocycles. The molecule has 2 atom stereocenters. The fourth-order valence-electron chi connectivity index (χ4n) is 4.31. The van der Waals surface area contributed by atoms with Gasteiger partial charge in [0.1, 0.15) is 5.78 Å². The monoisotopic (exact) mass is 346 g/mol. The molecule has 2 fully saturated rings. The summed E-state index contributed by atoms with van der Waals surface area (Å²) in [6, 6.07) is 17.7. The Morgan fingerprint density at radius 1 is 0.731 bits per heavy atom. The fraction of sp³-hybridized carbons (Fsp3) is 0.480. The van der Waals surface area contributed by atoms with Gasteiger partial charge in [0.2, 0.25) is 0 Å². The van der Waals surface area contributed by atoms with Crippen LogP contribution in [-0.4, -0.2) is 5.78 Å². The van der Waals surface area contributed by atoms with Gasteiger partial charge in [0.25, 0.3) is 0 Å². The van der Waals surface area contributed by atoms with Gasteiger partial charge in [-0.25, -0.2) is 0 Å². The SMILES string of the molecule is Cc1ccc([C@@H](CC(=O)C[C@@H](c2ccc(C)cc2)C2CC2)C2CC2)cc1. The van der Waals surface area contributed by atoms with E-state index in [0.717, 1.165) is 24.7 Å². The third-order valence-corrected chi connectivity index (χ3v) is 6.29. The molecule has 0 N–H and O–H groups in total. The van der Waals surface area contributed by atoms with E-state index in [-0.39, 0.29) is 0 Å². The van der Waals surface area contributed by atoms with Crippen LogP contribution in [0.4, 0.5) is 0 Å². The van der Waals surface area contributed by atoms with Crippen LogP contribution in [0.3, 0.4) is 0 Å². The highest BCUT2D eigenvalue weighted by Crippen LogP contribution is 2.47. The van der Waals surface area contributed by atoms with Crippen LogP contribution >= 0.6 is 0 Å². The molecule has 2 aliphatic carbocycles. The van der Waals surface area contributed by atoms with Gasteiger partial charge >= 0.3 is 0 Å². The molecule has 0 heterocycles. The number of hydrogen-bond donors (Lipinski definition) is 0. The molecule has 0 spiro atoms. The van der Waals surface area contributed by atoms with E-state index in [0.29, 0.717) is 17.6 Å². The van der Waals surface area contributed by atoms with Crippen molar-refractivity contribution in [1.82, 2.24) is 0 Å². The van der Waals surface area contributed by atoms with Gasteiger partial charge in [-0.1, -0.05) is 59.7 Å². The minimum absolute atomic E-state index is 0.431. The quantitative estimate of drug-likeness (QED) is 0.545. The van der Waals surface area contributed by atoms with Crippen LogP contribution in [0.15, 0.2) is 48.5 Å². The largest absolute Gasteiger partial charge is 0.300 e. The summed E-state index contributed by atoms with van der Waals surface area (Å²) in [6.07, 6.45) is 6.60. The summed E-state index contributed by atoms with van der Waals surface area (Å²) in [5, 5.41) is 0. The Hall–Kier alpha value is -1.89. The van der Waals surface area contributed by atoms with Gasteiger partial charge in [-0.15, -0.1) is 0 Å². The second kappa shape index (κ2) is 7.39. The maximum absolute atomic E-state index is 13.0. The van der Waals surface area contributed by atoms with Crippen molar-refractivity contribution < 1.29 is 4.79 Å². The van der Waals surface area contributed by atoms with Crippen LogP contribution in [0.2, 0.25) is 0 Å². The van der Waals surface area contributed by atoms with Gasteiger partial charge in [-0.05, 0) is 74.3 Å². The zero-order chi connectivity index (χ0) is 18.1. The van der Waals surface area contributed by atoms with Gasteiger partial charge < -0.3 is 0 Å². The minimum Gasteiger partial charge on any atom is -0.300 e. The van der Waals surface area contributed by atoms with E-state index >= 15 is 0 Å². The summed E-state index contributed by atoms with van der Waals surface area (Å²) >= 11 is 0. The topological polar surface area (TPSA) is 17.1 Å². The molecule has 0 unspecified atom stereocenters. The molecule has 1 nitrogen and oxygen atoms in total. The highest BCUT2D eigenvalue weighted by Gasteiger charge is 2.37. The van der Waals surface area contributed by atoms with Crippen molar-refractivity contribution in [3.8, 4) is 0 Å². The van der Waals surface area contributed by atoms with Gasteiger partial charge in [0.15, 0.2) is 0 Å². The molecule has 0 saturated heterocycles. The van der Waals surface area contributed by atoms with Crippen molar-refractivity contribution in [2.75, 3.05) is 0 Å². The average molecular weight is 347 g/mol. The van der Waals surface area contributed by atoms with Gasteiger partial charge in [-0.2, -0.15) is 0 Å². The zero-order valence-electron chi connectivity index (χ0n) is 16.1. The maximum Gasteiger partial charge on any atom is 0.134 e. The standard InChI is InChI=1S/C25H30O/c1-17-3-7-19(8-4-17)24(21-11-12-21)15-23(26)16-25(22-13-14-22)20-9-5-18(2)6-10-20/h3-10,21-22,24-25H,11-16H2,1-2H3/t24-,25+. The Morgan fingerprint density at radius 3 is 1.38 bits per heavy atom. The molecule has 2 aromatic rings. The highest BCUT2D eigenvalue weighted by molar-refractivity contribution is 5.80. The van der Waals surface area contributed by atoms with Gasteiger partial charge in [0, 0.05) is 12.8 Å². The van der Waals surface area contributed by atoms with E-state index in [1.165, 1.54) is 47.9 Å². The minimum atomic E-state index is 0.431. The molecule has 0 radical (unpaired) electrons. The van der Waals surface area contributed by atoms with Crippen molar-refractivity contribution in [2.45, 2.75) is 64.2 Å². The molecule has 1 heteroatoms. The lowest BCUT2D eigenvalue weighted by Gasteiger charge is -2.20. The lowest BCUT2D eigenvalue weighted by Crippen LogP contribution is -2.14. The van der Waals surface area contributed by atoms with E-state index < -0.39 is 0 Å². The summed E-state index contributed by atoms with van der Waals surface area (Å²) in [6.45, 7) is 4.26. The first kappa shape index (κ1) is 17.5. The van der Waals surface area contributed by atoms with Gasteiger partial charge in [-0.3, -0.25) is 4.79 Å². The number of hydrogen-bond acceptors (Lipinski definition) is 1. The van der Waals surface area contributed by atoms with E-state index in [1.807, 2.05) is 0 Å². The average Bonchev–Trinajstić information content (AvgIpc) is 3.53. The first-order chi connectivity index (χ1) is 12.6. The highest BCUT2D eigenvalue weighted by atomic mass is 16.1. The van der Waals surface area contributed by atoms with E-state index in [9.17, 15) is 4.79 Å². The summed E-state index contributed by atoms with van der Waals surface area (Å²) in [4.78, 5) is 13.0. The molecule has 136 valence electrons. The second-order valence-corrected chi connectivity index (χ2v) is 8.66. The Labute approximate surface area is 157 Å². The number of rotatable bonds is 8. The molecule has 0 amide bonds. The summed E-state index contributed by atoms with van der Waals surface area (Å²) < 4.78 is 0. The van der Waals surface area contributed by atoms with Crippen molar-refractivity contribution >= 4 is 5.78 Å². The number of benzene rings is 2. The Balaban J connectivity index is 1.45. The molecule has 26 heavy (non-hydrogen) atoms. The first-order valence-corrected chi connectivity index (χ1v) is 10.2. The number of carbonyl (C=O) groups is 1. The van der Waals surface area contributed by atoms with Crippen LogP contribution in [0.1, 0.15) is 72.6 Å². The molecule has 2 aliphatic rings. The van der Waals surface area contributed by atoms with Crippen LogP contribution in [0, 0.1) is 25.7 Å². The predicted octanol–water partition coefficient (Wildman–Crippen LogP) is 6.34. The molecule has 0 bridgehead atoms. The lowest BCUT2D eigenvalue weighted by atomic mass is 9.83. The fourth-order valence-corrected chi connectivity index (χ4v) is 4.31. The van der Waals surface area contributed by atoms with Crippen LogP contribution in [0.5, 0.6) is 0 Å². The summed E-state index contributed by atoms with van der Waals surface area (Å²) in [5.41, 5.74) is 5.32. The lowest BCUT2D eigenvalue weighted by molar-refractivity contribution is -0.120. The van der Waals surface area contributed by atoms with Gasteiger partial charge in [0.05, 0.1) is 0 Å². The third kappa shape index (κ3) is 4.26. The second-order valence-electron chi connectivity index (χ2n) is 8.66. The predicted molar refractivity (Wildman–Crippen MR) is 108 cm³/mol. The maximum atomic E-state index is 13.0. The van der Waals surface area contributed by atoms with E-state index in [1.54, 1.807) is 0 Å². The Bertz CT molecular complexity index is 682. The molecule has 2 aromatic carbocycles. The summed E-state index contributed by atoms with van der Waals surface area (Å²) in [7, 11) is 0. The Morgan fingerprint density at radius 2 is 1.08 bits per heavy atom. The van der Waals surface area contributed by atoms with Crippen molar-refractivity contribution in [3.05, 3.63) is 70.8 Å². The zero-order valence-corrected chi connectivity index (χ0v) is 16.1. The third-order valence-electron chi connectivity index (χ3n) is 6.29. The van der Waals surface area contributed by atoms with E-state index in [4.69, 9.17) is 0 Å². The molecular formula is C25H30O. The number of ketones is 1. The van der Waals surface area contributed by atoms with Crippen LogP contribution in [-0.2, 0) is 4.79 Å². The normalized spacial score (nSPS) is 19.2. The van der Waals surface area contributed by atoms with Crippen LogP contribution in [0.25, 0.3) is 0 Å². The number of Topliss-reactive ketones (excluding diaryl/α,β-unsaturated/α-hetero) is 1. The molecule has 2 saturated carbocycles. The summed E-state index contributed by atoms with van der Waals surface area (Å²) in [5.74, 6) is 2.77. The van der Waals surface area contributed by atoms with Crippen LogP contribution < -0.4 is 0 Å². The molecular weight excluding hydrogens is 316 g/mol. The number of carbonyl (C=O) groups excluding carboxylic acids is 1. The number of aryl methyl sites for hydroxylation is 2. The van der Waals surface area contributed by atoms with Crippen molar-refractivity contribution in [3.63, 3.8) is 0 Å². The molecule has 0 aromatic heterocycles. The van der Waals surface area contributed by atoms with Crippen molar-refractivity contribution in [1.29, 1.82) is 0 Å². The van der Waals surface area contributed by atoms with Crippen molar-refractivity contribution in [2.24, 2.45) is 11.8 Å².